The maximum atomic E-state index is 11.7. The molecular weight excluding hydrogens is 224 g/mol. The largest absolute Gasteiger partial charge is 0.352 e. The number of carbonyl (C=O) groups is 1. The molecule has 3 heteroatoms. The van der Waals surface area contributed by atoms with Crippen LogP contribution in [-0.2, 0) is 17.9 Å². The summed E-state index contributed by atoms with van der Waals surface area (Å²) in [4.78, 5) is 11.7. The lowest BCUT2D eigenvalue weighted by molar-refractivity contribution is -0.121. The van der Waals surface area contributed by atoms with Crippen molar-refractivity contribution in [3.8, 4) is 0 Å². The molecule has 0 heterocycles. The van der Waals surface area contributed by atoms with Gasteiger partial charge in [-0.2, -0.15) is 0 Å². The van der Waals surface area contributed by atoms with E-state index in [1.807, 2.05) is 24.3 Å². The minimum absolute atomic E-state index is 0.108. The number of hydrogen-bond acceptors (Lipinski definition) is 2. The van der Waals surface area contributed by atoms with Crippen LogP contribution in [-0.4, -0.2) is 5.91 Å². The van der Waals surface area contributed by atoms with Crippen molar-refractivity contribution >= 4 is 5.91 Å². The SMILES string of the molecule is CC(C)(C)CCC(=O)NCc1ccccc1CN. The summed E-state index contributed by atoms with van der Waals surface area (Å²) in [5.74, 6) is 0.108. The van der Waals surface area contributed by atoms with Gasteiger partial charge in [0.1, 0.15) is 0 Å². The Kier molecular flexibility index (Phi) is 5.35. The Bertz CT molecular complexity index is 394. The van der Waals surface area contributed by atoms with Crippen molar-refractivity contribution in [1.29, 1.82) is 0 Å². The van der Waals surface area contributed by atoms with Crippen molar-refractivity contribution in [2.75, 3.05) is 0 Å². The molecule has 0 unspecified atom stereocenters. The number of amides is 1. The van der Waals surface area contributed by atoms with Crippen molar-refractivity contribution in [2.24, 2.45) is 11.1 Å². The highest BCUT2D eigenvalue weighted by atomic mass is 16.1. The van der Waals surface area contributed by atoms with Gasteiger partial charge in [0.15, 0.2) is 0 Å². The molecule has 0 spiro atoms. The van der Waals surface area contributed by atoms with E-state index in [1.54, 1.807) is 0 Å². The Balaban J connectivity index is 2.43. The van der Waals surface area contributed by atoms with Gasteiger partial charge in [0, 0.05) is 19.5 Å². The molecule has 1 aromatic carbocycles. The fraction of sp³-hybridized carbons (Fsp3) is 0.533. The fourth-order valence-corrected chi connectivity index (χ4v) is 1.70. The van der Waals surface area contributed by atoms with Crippen LogP contribution in [0.5, 0.6) is 0 Å². The van der Waals surface area contributed by atoms with Gasteiger partial charge in [-0.1, -0.05) is 45.0 Å². The van der Waals surface area contributed by atoms with E-state index in [1.165, 1.54) is 0 Å². The van der Waals surface area contributed by atoms with Crippen LogP contribution < -0.4 is 11.1 Å². The number of carbonyl (C=O) groups excluding carboxylic acids is 1. The van der Waals surface area contributed by atoms with Crippen molar-refractivity contribution < 1.29 is 4.79 Å². The van der Waals surface area contributed by atoms with Crippen LogP contribution in [0, 0.1) is 5.41 Å². The van der Waals surface area contributed by atoms with Gasteiger partial charge in [-0.3, -0.25) is 4.79 Å². The lowest BCUT2D eigenvalue weighted by Gasteiger charge is -2.17. The van der Waals surface area contributed by atoms with Gasteiger partial charge in [0.2, 0.25) is 5.91 Å². The second-order valence-electron chi connectivity index (χ2n) is 5.81. The van der Waals surface area contributed by atoms with Crippen molar-refractivity contribution in [2.45, 2.75) is 46.7 Å². The van der Waals surface area contributed by atoms with E-state index >= 15 is 0 Å². The van der Waals surface area contributed by atoms with Crippen molar-refractivity contribution in [3.05, 3.63) is 35.4 Å². The molecule has 0 aliphatic heterocycles. The number of benzene rings is 1. The molecule has 100 valence electrons. The molecule has 1 aromatic rings. The number of nitrogens with two attached hydrogens (primary N) is 1. The Labute approximate surface area is 110 Å². The lowest BCUT2D eigenvalue weighted by Crippen LogP contribution is -2.24. The van der Waals surface area contributed by atoms with Gasteiger partial charge in [0.05, 0.1) is 0 Å². The van der Waals surface area contributed by atoms with Crippen LogP contribution in [0.1, 0.15) is 44.7 Å². The highest BCUT2D eigenvalue weighted by molar-refractivity contribution is 5.75. The Hall–Kier alpha value is -1.35. The highest BCUT2D eigenvalue weighted by Crippen LogP contribution is 2.20. The van der Waals surface area contributed by atoms with E-state index in [4.69, 9.17) is 5.73 Å². The van der Waals surface area contributed by atoms with E-state index in [2.05, 4.69) is 26.1 Å². The van der Waals surface area contributed by atoms with Gasteiger partial charge in [-0.15, -0.1) is 0 Å². The van der Waals surface area contributed by atoms with E-state index in [-0.39, 0.29) is 11.3 Å². The maximum absolute atomic E-state index is 11.7. The summed E-state index contributed by atoms with van der Waals surface area (Å²) in [6, 6.07) is 7.94. The van der Waals surface area contributed by atoms with Gasteiger partial charge in [-0.25, -0.2) is 0 Å². The van der Waals surface area contributed by atoms with Crippen LogP contribution in [0.4, 0.5) is 0 Å². The molecule has 0 saturated heterocycles. The lowest BCUT2D eigenvalue weighted by atomic mass is 9.90. The zero-order valence-corrected chi connectivity index (χ0v) is 11.6. The van der Waals surface area contributed by atoms with Gasteiger partial charge in [0.25, 0.3) is 0 Å². The summed E-state index contributed by atoms with van der Waals surface area (Å²) < 4.78 is 0. The molecule has 0 saturated carbocycles. The van der Waals surface area contributed by atoms with Gasteiger partial charge >= 0.3 is 0 Å². The zero-order chi connectivity index (χ0) is 13.6. The highest BCUT2D eigenvalue weighted by Gasteiger charge is 2.12. The Morgan fingerprint density at radius 3 is 2.39 bits per heavy atom. The first-order valence-electron chi connectivity index (χ1n) is 6.46. The summed E-state index contributed by atoms with van der Waals surface area (Å²) in [6.07, 6.45) is 1.48. The number of hydrogen-bond donors (Lipinski definition) is 2. The Morgan fingerprint density at radius 2 is 1.83 bits per heavy atom. The molecule has 3 N–H and O–H groups in total. The molecule has 0 bridgehead atoms. The second kappa shape index (κ2) is 6.55. The molecule has 0 aliphatic rings. The van der Waals surface area contributed by atoms with Crippen LogP contribution >= 0.6 is 0 Å². The number of nitrogens with one attached hydrogen (secondary N) is 1. The standard InChI is InChI=1S/C15H24N2O/c1-15(2,3)9-8-14(18)17-11-13-7-5-4-6-12(13)10-16/h4-7H,8-11,16H2,1-3H3,(H,17,18). The van der Waals surface area contributed by atoms with Crippen molar-refractivity contribution in [3.63, 3.8) is 0 Å². The third kappa shape index (κ3) is 5.32. The summed E-state index contributed by atoms with van der Waals surface area (Å²) >= 11 is 0. The molecule has 0 radical (unpaired) electrons. The smallest absolute Gasteiger partial charge is 0.220 e. The summed E-state index contributed by atoms with van der Waals surface area (Å²) in [7, 11) is 0. The average Bonchev–Trinajstić information content (AvgIpc) is 2.33. The maximum Gasteiger partial charge on any atom is 0.220 e. The first-order chi connectivity index (χ1) is 8.42. The topological polar surface area (TPSA) is 55.1 Å². The van der Waals surface area contributed by atoms with Gasteiger partial charge < -0.3 is 11.1 Å². The third-order valence-electron chi connectivity index (χ3n) is 2.92. The molecule has 0 atom stereocenters. The van der Waals surface area contributed by atoms with Crippen molar-refractivity contribution in [1.82, 2.24) is 5.32 Å². The van der Waals surface area contributed by atoms with E-state index in [0.29, 0.717) is 19.5 Å². The van der Waals surface area contributed by atoms with Crippen LogP contribution in [0.15, 0.2) is 24.3 Å². The van der Waals surface area contributed by atoms with E-state index < -0.39 is 0 Å². The third-order valence-corrected chi connectivity index (χ3v) is 2.92. The van der Waals surface area contributed by atoms with Crippen LogP contribution in [0.3, 0.4) is 0 Å². The molecule has 0 aromatic heterocycles. The molecule has 0 fully saturated rings. The zero-order valence-electron chi connectivity index (χ0n) is 11.6. The van der Waals surface area contributed by atoms with E-state index in [0.717, 1.165) is 17.5 Å². The molecule has 1 amide bonds. The van der Waals surface area contributed by atoms with Crippen LogP contribution in [0.25, 0.3) is 0 Å². The predicted molar refractivity (Wildman–Crippen MR) is 74.9 cm³/mol. The summed E-state index contributed by atoms with van der Waals surface area (Å²) in [6.45, 7) is 7.50. The minimum Gasteiger partial charge on any atom is -0.352 e. The number of rotatable bonds is 5. The van der Waals surface area contributed by atoms with E-state index in [9.17, 15) is 4.79 Å². The predicted octanol–water partition coefficient (Wildman–Crippen LogP) is 2.59. The molecule has 0 aliphatic carbocycles. The first-order valence-corrected chi connectivity index (χ1v) is 6.46. The monoisotopic (exact) mass is 248 g/mol. The Morgan fingerprint density at radius 1 is 1.22 bits per heavy atom. The molecular formula is C15H24N2O. The fourth-order valence-electron chi connectivity index (χ4n) is 1.70. The quantitative estimate of drug-likeness (QED) is 0.841. The molecule has 18 heavy (non-hydrogen) atoms. The second-order valence-corrected chi connectivity index (χ2v) is 5.81. The average molecular weight is 248 g/mol. The molecule has 1 rings (SSSR count). The minimum atomic E-state index is 0.108. The normalized spacial score (nSPS) is 11.3. The summed E-state index contributed by atoms with van der Waals surface area (Å²) in [5, 5.41) is 2.95. The summed E-state index contributed by atoms with van der Waals surface area (Å²) in [5.41, 5.74) is 8.05. The molecule has 3 nitrogen and oxygen atoms in total. The van der Waals surface area contributed by atoms with Gasteiger partial charge in [-0.05, 0) is 23.0 Å². The van der Waals surface area contributed by atoms with Crippen LogP contribution in [0.2, 0.25) is 0 Å². The first kappa shape index (κ1) is 14.7.